The van der Waals surface area contributed by atoms with Crippen molar-refractivity contribution >= 4 is 23.0 Å². The van der Waals surface area contributed by atoms with Gasteiger partial charge < -0.3 is 10.8 Å². The Hall–Kier alpha value is -1.62. The summed E-state index contributed by atoms with van der Waals surface area (Å²) >= 11 is 4.60. The van der Waals surface area contributed by atoms with Crippen LogP contribution in [-0.4, -0.2) is 15.9 Å². The van der Waals surface area contributed by atoms with Gasteiger partial charge in [-0.15, -0.1) is 0 Å². The molecule has 0 spiro atoms. The van der Waals surface area contributed by atoms with Crippen molar-refractivity contribution in [3.05, 3.63) is 29.8 Å². The van der Waals surface area contributed by atoms with Gasteiger partial charge >= 0.3 is 0 Å². The zero-order valence-electron chi connectivity index (χ0n) is 7.69. The van der Waals surface area contributed by atoms with Crippen LogP contribution < -0.4 is 11.2 Å². The first-order chi connectivity index (χ1) is 6.59. The highest BCUT2D eigenvalue weighted by molar-refractivity contribution is 7.80. The number of rotatable bonds is 2. The third-order valence-corrected chi connectivity index (χ3v) is 1.71. The number of phenolic OH excluding ortho intramolecular Hbond substituents is 1. The second-order valence-corrected chi connectivity index (χ2v) is 3.16. The van der Waals surface area contributed by atoms with Crippen LogP contribution in [0, 0.1) is 0 Å². The fraction of sp³-hybridized carbons (Fsp3) is 0.111. The van der Waals surface area contributed by atoms with E-state index >= 15 is 0 Å². The van der Waals surface area contributed by atoms with E-state index in [0.717, 1.165) is 11.3 Å². The molecule has 1 rings (SSSR count). The molecule has 0 atom stereocenters. The van der Waals surface area contributed by atoms with Gasteiger partial charge in [0.25, 0.3) is 0 Å². The first-order valence-corrected chi connectivity index (χ1v) is 4.39. The van der Waals surface area contributed by atoms with Crippen LogP contribution in [0.25, 0.3) is 0 Å². The number of nitrogens with two attached hydrogens (primary N) is 1. The molecule has 0 aliphatic carbocycles. The van der Waals surface area contributed by atoms with E-state index in [-0.39, 0.29) is 10.9 Å². The summed E-state index contributed by atoms with van der Waals surface area (Å²) in [5, 5.41) is 13.1. The zero-order chi connectivity index (χ0) is 10.6. The Balaban J connectivity index is 2.78. The third kappa shape index (κ3) is 3.02. The molecule has 0 unspecified atom stereocenters. The number of aromatic hydroxyl groups is 1. The van der Waals surface area contributed by atoms with Crippen molar-refractivity contribution in [1.82, 2.24) is 5.43 Å². The maximum absolute atomic E-state index is 9.06. The molecule has 1 aromatic rings. The lowest BCUT2D eigenvalue weighted by Gasteiger charge is -2.01. The summed E-state index contributed by atoms with van der Waals surface area (Å²) in [6.07, 6.45) is 0. The van der Waals surface area contributed by atoms with Crippen LogP contribution in [0.4, 0.5) is 0 Å². The fourth-order valence-corrected chi connectivity index (χ4v) is 0.952. The Morgan fingerprint density at radius 1 is 1.43 bits per heavy atom. The molecule has 0 aromatic heterocycles. The quantitative estimate of drug-likeness (QED) is 0.385. The van der Waals surface area contributed by atoms with Crippen molar-refractivity contribution in [3.8, 4) is 5.75 Å². The Morgan fingerprint density at radius 2 is 2.00 bits per heavy atom. The number of hydrogen-bond acceptors (Lipinski definition) is 3. The smallest absolute Gasteiger partial charge is 0.184 e. The predicted molar refractivity (Wildman–Crippen MR) is 60.2 cm³/mol. The van der Waals surface area contributed by atoms with Crippen LogP contribution in [0.2, 0.25) is 0 Å². The summed E-state index contributed by atoms with van der Waals surface area (Å²) in [4.78, 5) is 0. The molecule has 1 aromatic carbocycles. The van der Waals surface area contributed by atoms with Crippen molar-refractivity contribution in [2.45, 2.75) is 6.92 Å². The average molecular weight is 209 g/mol. The van der Waals surface area contributed by atoms with Crippen molar-refractivity contribution < 1.29 is 5.11 Å². The molecule has 5 heteroatoms. The summed E-state index contributed by atoms with van der Waals surface area (Å²) in [5.74, 6) is 0.226. The highest BCUT2D eigenvalue weighted by atomic mass is 32.1. The first-order valence-electron chi connectivity index (χ1n) is 3.98. The van der Waals surface area contributed by atoms with Crippen LogP contribution in [-0.2, 0) is 0 Å². The monoisotopic (exact) mass is 209 g/mol. The molecule has 0 amide bonds. The average Bonchev–Trinajstić information content (AvgIpc) is 2.15. The second kappa shape index (κ2) is 4.57. The van der Waals surface area contributed by atoms with Gasteiger partial charge in [-0.25, -0.2) is 0 Å². The number of hydrazone groups is 1. The minimum Gasteiger partial charge on any atom is -0.508 e. The SMILES string of the molecule is C/C(=N/NC(N)=S)c1ccc(O)cc1. The molecular formula is C9H11N3OS. The number of nitrogens with one attached hydrogen (secondary N) is 1. The zero-order valence-corrected chi connectivity index (χ0v) is 8.51. The van der Waals surface area contributed by atoms with E-state index in [1.54, 1.807) is 24.3 Å². The largest absolute Gasteiger partial charge is 0.508 e. The van der Waals surface area contributed by atoms with E-state index in [0.29, 0.717) is 0 Å². The number of hydrogen-bond donors (Lipinski definition) is 3. The van der Waals surface area contributed by atoms with Crippen molar-refractivity contribution in [2.75, 3.05) is 0 Å². The van der Waals surface area contributed by atoms with E-state index in [9.17, 15) is 0 Å². The van der Waals surface area contributed by atoms with Crippen molar-refractivity contribution in [3.63, 3.8) is 0 Å². The molecule has 0 aliphatic rings. The Labute approximate surface area is 87.4 Å². The lowest BCUT2D eigenvalue weighted by atomic mass is 10.1. The molecule has 0 saturated carbocycles. The summed E-state index contributed by atoms with van der Waals surface area (Å²) < 4.78 is 0. The van der Waals surface area contributed by atoms with Crippen LogP contribution >= 0.6 is 12.2 Å². The predicted octanol–water partition coefficient (Wildman–Crippen LogP) is 0.949. The third-order valence-electron chi connectivity index (χ3n) is 1.62. The normalized spacial score (nSPS) is 11.1. The number of thiocarbonyl (C=S) groups is 1. The molecule has 0 fully saturated rings. The lowest BCUT2D eigenvalue weighted by Crippen LogP contribution is -2.25. The molecule has 4 N–H and O–H groups in total. The summed E-state index contributed by atoms with van der Waals surface area (Å²) in [6.45, 7) is 1.82. The molecule has 74 valence electrons. The van der Waals surface area contributed by atoms with E-state index < -0.39 is 0 Å². The molecule has 0 radical (unpaired) electrons. The van der Waals surface area contributed by atoms with Crippen molar-refractivity contribution in [1.29, 1.82) is 0 Å². The van der Waals surface area contributed by atoms with Gasteiger partial charge in [0.05, 0.1) is 5.71 Å². The topological polar surface area (TPSA) is 70.6 Å². The van der Waals surface area contributed by atoms with E-state index in [1.165, 1.54) is 0 Å². The molecular weight excluding hydrogens is 198 g/mol. The van der Waals surface area contributed by atoms with Gasteiger partial charge in [-0.05, 0) is 49.0 Å². The van der Waals surface area contributed by atoms with Gasteiger partial charge in [-0.1, -0.05) is 0 Å². The highest BCUT2D eigenvalue weighted by Gasteiger charge is 1.96. The van der Waals surface area contributed by atoms with Gasteiger partial charge in [-0.3, -0.25) is 5.43 Å². The standard InChI is InChI=1S/C9H11N3OS/c1-6(11-12-9(10)14)7-2-4-8(13)5-3-7/h2-5,13H,1H3,(H3,10,12,14)/b11-6-. The minimum atomic E-state index is 0.128. The Kier molecular flexibility index (Phi) is 3.41. The Morgan fingerprint density at radius 3 is 2.50 bits per heavy atom. The lowest BCUT2D eigenvalue weighted by molar-refractivity contribution is 0.475. The maximum Gasteiger partial charge on any atom is 0.184 e. The number of nitrogens with zero attached hydrogens (tertiary/aromatic N) is 1. The molecule has 0 saturated heterocycles. The minimum absolute atomic E-state index is 0.128. The van der Waals surface area contributed by atoms with E-state index in [4.69, 9.17) is 10.8 Å². The van der Waals surface area contributed by atoms with Crippen LogP contribution in [0.15, 0.2) is 29.4 Å². The van der Waals surface area contributed by atoms with Gasteiger partial charge in [0.15, 0.2) is 5.11 Å². The van der Waals surface area contributed by atoms with Crippen LogP contribution in [0.3, 0.4) is 0 Å². The molecule has 0 aliphatic heterocycles. The maximum atomic E-state index is 9.06. The van der Waals surface area contributed by atoms with E-state index in [1.807, 2.05) is 6.92 Å². The summed E-state index contributed by atoms with van der Waals surface area (Å²) in [7, 11) is 0. The van der Waals surface area contributed by atoms with Crippen molar-refractivity contribution in [2.24, 2.45) is 10.8 Å². The second-order valence-electron chi connectivity index (χ2n) is 2.72. The van der Waals surface area contributed by atoms with E-state index in [2.05, 4.69) is 22.7 Å². The molecule has 14 heavy (non-hydrogen) atoms. The molecule has 0 bridgehead atoms. The summed E-state index contributed by atoms with van der Waals surface area (Å²) in [5.41, 5.74) is 9.35. The molecule has 4 nitrogen and oxygen atoms in total. The highest BCUT2D eigenvalue weighted by Crippen LogP contribution is 2.09. The van der Waals surface area contributed by atoms with Gasteiger partial charge in [0, 0.05) is 0 Å². The van der Waals surface area contributed by atoms with Crippen LogP contribution in [0.1, 0.15) is 12.5 Å². The summed E-state index contributed by atoms with van der Waals surface area (Å²) in [6, 6.07) is 6.70. The Bertz CT molecular complexity index is 359. The fourth-order valence-electron chi connectivity index (χ4n) is 0.906. The number of benzene rings is 1. The van der Waals surface area contributed by atoms with Crippen LogP contribution in [0.5, 0.6) is 5.75 Å². The molecule has 0 heterocycles. The van der Waals surface area contributed by atoms with Gasteiger partial charge in [0.2, 0.25) is 0 Å². The first kappa shape index (κ1) is 10.5. The van der Waals surface area contributed by atoms with Gasteiger partial charge in [-0.2, -0.15) is 5.10 Å². The number of phenols is 1. The van der Waals surface area contributed by atoms with Gasteiger partial charge in [0.1, 0.15) is 5.75 Å².